The highest BCUT2D eigenvalue weighted by atomic mass is 32.2. The predicted molar refractivity (Wildman–Crippen MR) is 77.7 cm³/mol. The molecule has 6 heteroatoms. The van der Waals surface area contributed by atoms with Crippen LogP contribution in [0.1, 0.15) is 45.4 Å². The van der Waals surface area contributed by atoms with Gasteiger partial charge in [0.2, 0.25) is 5.91 Å². The van der Waals surface area contributed by atoms with E-state index in [1.165, 1.54) is 4.90 Å². The maximum atomic E-state index is 12.2. The molecule has 114 valence electrons. The normalized spacial score (nSPS) is 23.1. The molecule has 0 bridgehead atoms. The Morgan fingerprint density at radius 3 is 2.70 bits per heavy atom. The molecule has 2 atom stereocenters. The Bertz CT molecular complexity index is 467. The molecule has 0 aliphatic heterocycles. The molecule has 1 aliphatic carbocycles. The van der Waals surface area contributed by atoms with Crippen molar-refractivity contribution in [3.63, 3.8) is 0 Å². The number of sulfone groups is 1. The fourth-order valence-electron chi connectivity index (χ4n) is 2.63. The fourth-order valence-corrected chi connectivity index (χ4v) is 4.57. The van der Waals surface area contributed by atoms with Gasteiger partial charge in [-0.05, 0) is 18.8 Å². The molecule has 1 rings (SSSR count). The Morgan fingerprint density at radius 1 is 1.40 bits per heavy atom. The first-order valence-electron chi connectivity index (χ1n) is 7.19. The Hall–Kier alpha value is -1.09. The molecule has 0 radical (unpaired) electrons. The molecule has 1 saturated carbocycles. The van der Waals surface area contributed by atoms with Crippen LogP contribution in [0.5, 0.6) is 0 Å². The van der Waals surface area contributed by atoms with Gasteiger partial charge >= 0.3 is 0 Å². The summed E-state index contributed by atoms with van der Waals surface area (Å²) in [6.07, 6.45) is 3.80. The number of carbonyl (C=O) groups excluding carboxylic acids is 1. The number of rotatable bonds is 6. The summed E-state index contributed by atoms with van der Waals surface area (Å²) in [5.41, 5.74) is 0. The van der Waals surface area contributed by atoms with Gasteiger partial charge in [0.1, 0.15) is 0 Å². The van der Waals surface area contributed by atoms with Crippen molar-refractivity contribution in [2.75, 3.05) is 19.3 Å². The van der Waals surface area contributed by atoms with Crippen molar-refractivity contribution >= 4 is 15.7 Å². The van der Waals surface area contributed by atoms with E-state index < -0.39 is 9.84 Å². The maximum absolute atomic E-state index is 12.2. The van der Waals surface area contributed by atoms with Crippen molar-refractivity contribution in [3.05, 3.63) is 0 Å². The molecule has 0 aromatic heterocycles. The van der Waals surface area contributed by atoms with Gasteiger partial charge in [-0.25, -0.2) is 8.42 Å². The number of amides is 1. The Morgan fingerprint density at radius 2 is 2.10 bits per heavy atom. The van der Waals surface area contributed by atoms with Crippen molar-refractivity contribution < 1.29 is 13.2 Å². The third-order valence-electron chi connectivity index (χ3n) is 3.98. The van der Waals surface area contributed by atoms with Gasteiger partial charge in [0, 0.05) is 20.0 Å². The zero-order valence-corrected chi connectivity index (χ0v) is 13.2. The van der Waals surface area contributed by atoms with E-state index in [1.807, 2.05) is 6.07 Å². The highest BCUT2D eigenvalue weighted by molar-refractivity contribution is 7.92. The second-order valence-corrected chi connectivity index (χ2v) is 8.13. The van der Waals surface area contributed by atoms with Crippen LogP contribution in [-0.2, 0) is 14.6 Å². The quantitative estimate of drug-likeness (QED) is 0.748. The van der Waals surface area contributed by atoms with Crippen molar-refractivity contribution in [2.45, 2.75) is 50.7 Å². The first-order chi connectivity index (χ1) is 9.36. The first kappa shape index (κ1) is 17.0. The average Bonchev–Trinajstić information content (AvgIpc) is 2.42. The minimum Gasteiger partial charge on any atom is -0.345 e. The molecule has 0 aromatic carbocycles. The molecule has 2 unspecified atom stereocenters. The van der Waals surface area contributed by atoms with E-state index >= 15 is 0 Å². The highest BCUT2D eigenvalue weighted by Gasteiger charge is 2.30. The summed E-state index contributed by atoms with van der Waals surface area (Å²) in [7, 11) is -1.57. The van der Waals surface area contributed by atoms with Crippen LogP contribution in [0.25, 0.3) is 0 Å². The summed E-state index contributed by atoms with van der Waals surface area (Å²) in [6.45, 7) is 2.44. The minimum atomic E-state index is -3.18. The Labute approximate surface area is 121 Å². The molecule has 1 fully saturated rings. The van der Waals surface area contributed by atoms with Crippen molar-refractivity contribution in [3.8, 4) is 6.07 Å². The molecular weight excluding hydrogens is 276 g/mol. The van der Waals surface area contributed by atoms with Crippen LogP contribution >= 0.6 is 0 Å². The van der Waals surface area contributed by atoms with Crippen molar-refractivity contribution in [1.82, 2.24) is 4.90 Å². The zero-order valence-electron chi connectivity index (χ0n) is 12.3. The number of carbonyl (C=O) groups is 1. The van der Waals surface area contributed by atoms with E-state index in [0.29, 0.717) is 12.5 Å². The molecule has 0 aromatic rings. The highest BCUT2D eigenvalue weighted by Crippen LogP contribution is 2.28. The summed E-state index contributed by atoms with van der Waals surface area (Å²) in [5, 5.41) is 8.19. The lowest BCUT2D eigenvalue weighted by molar-refractivity contribution is -0.129. The van der Waals surface area contributed by atoms with E-state index in [2.05, 4.69) is 6.92 Å². The number of nitriles is 1. The fraction of sp³-hybridized carbons (Fsp3) is 0.857. The second-order valence-electron chi connectivity index (χ2n) is 5.73. The topological polar surface area (TPSA) is 78.2 Å². The van der Waals surface area contributed by atoms with Crippen LogP contribution in [0.3, 0.4) is 0 Å². The van der Waals surface area contributed by atoms with E-state index in [-0.39, 0.29) is 29.8 Å². The van der Waals surface area contributed by atoms with Gasteiger partial charge in [-0.1, -0.05) is 19.8 Å². The lowest BCUT2D eigenvalue weighted by Crippen LogP contribution is -2.33. The Kier molecular flexibility index (Phi) is 6.47. The summed E-state index contributed by atoms with van der Waals surface area (Å²) in [4.78, 5) is 13.2. The SMILES string of the molecule is CC1CCCC(S(=O)(=O)CCC(=O)N(C)CCC#N)C1. The van der Waals surface area contributed by atoms with Gasteiger partial charge in [-0.3, -0.25) is 4.79 Å². The summed E-state index contributed by atoms with van der Waals surface area (Å²) >= 11 is 0. The number of nitrogens with zero attached hydrogens (tertiary/aromatic N) is 2. The van der Waals surface area contributed by atoms with Crippen LogP contribution in [0, 0.1) is 17.2 Å². The average molecular weight is 300 g/mol. The van der Waals surface area contributed by atoms with Gasteiger partial charge in [-0.2, -0.15) is 5.26 Å². The van der Waals surface area contributed by atoms with Gasteiger partial charge < -0.3 is 4.90 Å². The third kappa shape index (κ3) is 5.12. The van der Waals surface area contributed by atoms with Crippen LogP contribution in [-0.4, -0.2) is 43.8 Å². The zero-order chi connectivity index (χ0) is 15.2. The number of hydrogen-bond donors (Lipinski definition) is 0. The molecule has 0 saturated heterocycles. The minimum absolute atomic E-state index is 0.0230. The maximum Gasteiger partial charge on any atom is 0.223 e. The van der Waals surface area contributed by atoms with Crippen LogP contribution in [0.15, 0.2) is 0 Å². The molecule has 1 aliphatic rings. The second kappa shape index (κ2) is 7.63. The standard InChI is InChI=1S/C14H24N2O3S/c1-12-5-3-6-13(11-12)20(18,19)10-7-14(17)16(2)9-4-8-15/h12-13H,3-7,9-11H2,1-2H3. The van der Waals surface area contributed by atoms with Crippen molar-refractivity contribution in [2.24, 2.45) is 5.92 Å². The summed E-state index contributed by atoms with van der Waals surface area (Å²) < 4.78 is 24.5. The number of hydrogen-bond acceptors (Lipinski definition) is 4. The van der Waals surface area contributed by atoms with Crippen LogP contribution in [0.2, 0.25) is 0 Å². The molecule has 5 nitrogen and oxygen atoms in total. The van der Waals surface area contributed by atoms with Gasteiger partial charge in [0.25, 0.3) is 0 Å². The van der Waals surface area contributed by atoms with E-state index in [4.69, 9.17) is 5.26 Å². The van der Waals surface area contributed by atoms with Gasteiger partial charge in [0.15, 0.2) is 9.84 Å². The molecule has 1 amide bonds. The molecular formula is C14H24N2O3S. The summed E-state index contributed by atoms with van der Waals surface area (Å²) in [6, 6.07) is 1.97. The smallest absolute Gasteiger partial charge is 0.223 e. The largest absolute Gasteiger partial charge is 0.345 e. The summed E-state index contributed by atoms with van der Waals surface area (Å²) in [5.74, 6) is 0.185. The van der Waals surface area contributed by atoms with Crippen LogP contribution < -0.4 is 0 Å². The van der Waals surface area contributed by atoms with Crippen molar-refractivity contribution in [1.29, 1.82) is 5.26 Å². The van der Waals surface area contributed by atoms with E-state index in [9.17, 15) is 13.2 Å². The van der Waals surface area contributed by atoms with E-state index in [0.717, 1.165) is 25.7 Å². The van der Waals surface area contributed by atoms with E-state index in [1.54, 1.807) is 7.05 Å². The lowest BCUT2D eigenvalue weighted by Gasteiger charge is -2.26. The molecule has 0 heterocycles. The Balaban J connectivity index is 2.47. The predicted octanol–water partition coefficient (Wildman–Crippen LogP) is 1.74. The third-order valence-corrected chi connectivity index (χ3v) is 6.20. The van der Waals surface area contributed by atoms with Crippen LogP contribution in [0.4, 0.5) is 0 Å². The monoisotopic (exact) mass is 300 g/mol. The first-order valence-corrected chi connectivity index (χ1v) is 8.91. The lowest BCUT2D eigenvalue weighted by atomic mass is 9.91. The van der Waals surface area contributed by atoms with Gasteiger partial charge in [-0.15, -0.1) is 0 Å². The molecule has 0 spiro atoms. The van der Waals surface area contributed by atoms with Gasteiger partial charge in [0.05, 0.1) is 23.5 Å². The molecule has 0 N–H and O–H groups in total. The molecule has 20 heavy (non-hydrogen) atoms.